The maximum atomic E-state index is 10.8. The van der Waals surface area contributed by atoms with Crippen LogP contribution in [-0.4, -0.2) is 26.3 Å². The van der Waals surface area contributed by atoms with Crippen LogP contribution >= 0.6 is 0 Å². The predicted molar refractivity (Wildman–Crippen MR) is 57.5 cm³/mol. The van der Waals surface area contributed by atoms with Crippen LogP contribution in [0.3, 0.4) is 0 Å². The van der Waals surface area contributed by atoms with Gasteiger partial charge in [0.15, 0.2) is 11.5 Å². The molecule has 1 aromatic carbocycles. The average Bonchev–Trinajstić information content (AvgIpc) is 2.27. The van der Waals surface area contributed by atoms with Gasteiger partial charge in [-0.25, -0.2) is 0 Å². The van der Waals surface area contributed by atoms with E-state index in [1.807, 2.05) is 0 Å². The van der Waals surface area contributed by atoms with Gasteiger partial charge in [-0.05, 0) is 6.92 Å². The van der Waals surface area contributed by atoms with Gasteiger partial charge in [-0.1, -0.05) is 0 Å². The summed E-state index contributed by atoms with van der Waals surface area (Å²) in [6.07, 6.45) is 0. The standard InChI is InChI=1S/C10H13NO5/c1-6-7(11(12)13)5-8(14-2)10(16-4)9(6)15-3/h5H,1-4H3. The molecule has 0 aliphatic heterocycles. The molecule has 6 nitrogen and oxygen atoms in total. The number of ether oxygens (including phenoxy) is 3. The summed E-state index contributed by atoms with van der Waals surface area (Å²) < 4.78 is 15.2. The van der Waals surface area contributed by atoms with Crippen molar-refractivity contribution in [2.45, 2.75) is 6.92 Å². The van der Waals surface area contributed by atoms with Gasteiger partial charge < -0.3 is 14.2 Å². The van der Waals surface area contributed by atoms with Gasteiger partial charge in [0.05, 0.1) is 37.9 Å². The molecule has 88 valence electrons. The fourth-order valence-electron chi connectivity index (χ4n) is 1.48. The van der Waals surface area contributed by atoms with Gasteiger partial charge in [-0.3, -0.25) is 10.1 Å². The fraction of sp³-hybridized carbons (Fsp3) is 0.400. The molecule has 0 amide bonds. The van der Waals surface area contributed by atoms with E-state index in [0.717, 1.165) is 0 Å². The molecule has 0 atom stereocenters. The first-order valence-corrected chi connectivity index (χ1v) is 4.50. The van der Waals surface area contributed by atoms with E-state index < -0.39 is 4.92 Å². The molecule has 0 fully saturated rings. The van der Waals surface area contributed by atoms with E-state index >= 15 is 0 Å². The zero-order valence-corrected chi connectivity index (χ0v) is 9.57. The minimum absolute atomic E-state index is 0.0606. The largest absolute Gasteiger partial charge is 0.492 e. The first-order valence-electron chi connectivity index (χ1n) is 4.50. The molecule has 0 saturated heterocycles. The van der Waals surface area contributed by atoms with E-state index in [4.69, 9.17) is 14.2 Å². The second kappa shape index (κ2) is 4.69. The number of nitrogens with zero attached hydrogens (tertiary/aromatic N) is 1. The smallest absolute Gasteiger partial charge is 0.280 e. The highest BCUT2D eigenvalue weighted by atomic mass is 16.6. The molecule has 0 saturated carbocycles. The van der Waals surface area contributed by atoms with Crippen LogP contribution in [0, 0.1) is 17.0 Å². The molecule has 1 aromatic rings. The summed E-state index contributed by atoms with van der Waals surface area (Å²) in [6.45, 7) is 1.60. The van der Waals surface area contributed by atoms with Crippen molar-refractivity contribution in [3.63, 3.8) is 0 Å². The quantitative estimate of drug-likeness (QED) is 0.580. The van der Waals surface area contributed by atoms with E-state index in [2.05, 4.69) is 0 Å². The Labute approximate surface area is 92.9 Å². The number of nitro groups is 1. The second-order valence-electron chi connectivity index (χ2n) is 3.05. The zero-order chi connectivity index (χ0) is 12.3. The van der Waals surface area contributed by atoms with Crippen LogP contribution in [0.25, 0.3) is 0 Å². The van der Waals surface area contributed by atoms with Crippen LogP contribution in [0.1, 0.15) is 5.56 Å². The van der Waals surface area contributed by atoms with E-state index in [9.17, 15) is 10.1 Å². The maximum Gasteiger partial charge on any atom is 0.280 e. The molecule has 0 aliphatic rings. The summed E-state index contributed by atoms with van der Waals surface area (Å²) in [7, 11) is 4.29. The van der Waals surface area contributed by atoms with Gasteiger partial charge in [0.25, 0.3) is 5.69 Å². The van der Waals surface area contributed by atoms with Crippen LogP contribution < -0.4 is 14.2 Å². The lowest BCUT2D eigenvalue weighted by atomic mass is 10.1. The third-order valence-corrected chi connectivity index (χ3v) is 2.25. The Morgan fingerprint density at radius 2 is 1.69 bits per heavy atom. The third-order valence-electron chi connectivity index (χ3n) is 2.25. The van der Waals surface area contributed by atoms with Gasteiger partial charge >= 0.3 is 0 Å². The van der Waals surface area contributed by atoms with Gasteiger partial charge in [0, 0.05) is 0 Å². The van der Waals surface area contributed by atoms with E-state index in [1.165, 1.54) is 27.4 Å². The highest BCUT2D eigenvalue weighted by molar-refractivity contribution is 5.63. The van der Waals surface area contributed by atoms with Crippen LogP contribution in [0.15, 0.2) is 6.07 Å². The van der Waals surface area contributed by atoms with Crippen molar-refractivity contribution in [2.24, 2.45) is 0 Å². The first kappa shape index (κ1) is 12.1. The summed E-state index contributed by atoms with van der Waals surface area (Å²) in [6, 6.07) is 1.32. The SMILES string of the molecule is COc1cc([N+](=O)[O-])c(C)c(OC)c1OC. The number of benzene rings is 1. The van der Waals surface area contributed by atoms with E-state index in [1.54, 1.807) is 6.92 Å². The molecule has 0 bridgehead atoms. The summed E-state index contributed by atoms with van der Waals surface area (Å²) in [5.74, 6) is 0.943. The van der Waals surface area contributed by atoms with Crippen molar-refractivity contribution in [1.82, 2.24) is 0 Å². The number of nitro benzene ring substituents is 1. The lowest BCUT2D eigenvalue weighted by Gasteiger charge is -2.13. The molecule has 0 unspecified atom stereocenters. The average molecular weight is 227 g/mol. The molecular weight excluding hydrogens is 214 g/mol. The van der Waals surface area contributed by atoms with E-state index in [-0.39, 0.29) is 11.4 Å². The Morgan fingerprint density at radius 1 is 1.12 bits per heavy atom. The van der Waals surface area contributed by atoms with Crippen molar-refractivity contribution >= 4 is 5.69 Å². The van der Waals surface area contributed by atoms with Crippen molar-refractivity contribution in [2.75, 3.05) is 21.3 Å². The van der Waals surface area contributed by atoms with Crippen molar-refractivity contribution < 1.29 is 19.1 Å². The van der Waals surface area contributed by atoms with Gasteiger partial charge in [0.1, 0.15) is 0 Å². The summed E-state index contributed by atoms with van der Waals surface area (Å²) in [5, 5.41) is 10.8. The van der Waals surface area contributed by atoms with Crippen LogP contribution in [0.4, 0.5) is 5.69 Å². The number of methoxy groups -OCH3 is 3. The van der Waals surface area contributed by atoms with Crippen molar-refractivity contribution in [3.05, 3.63) is 21.7 Å². The summed E-state index contributed by atoms with van der Waals surface area (Å²) in [5.41, 5.74) is 0.347. The van der Waals surface area contributed by atoms with E-state index in [0.29, 0.717) is 17.1 Å². The minimum Gasteiger partial charge on any atom is -0.492 e. The Balaban J connectivity index is 3.54. The zero-order valence-electron chi connectivity index (χ0n) is 9.57. The topological polar surface area (TPSA) is 70.8 Å². The molecule has 0 aromatic heterocycles. The van der Waals surface area contributed by atoms with Crippen molar-refractivity contribution in [3.8, 4) is 17.2 Å². The van der Waals surface area contributed by atoms with Crippen molar-refractivity contribution in [1.29, 1.82) is 0 Å². The highest BCUT2D eigenvalue weighted by Crippen LogP contribution is 2.44. The van der Waals surface area contributed by atoms with Gasteiger partial charge in [-0.15, -0.1) is 0 Å². The molecular formula is C10H13NO5. The number of hydrogen-bond donors (Lipinski definition) is 0. The minimum atomic E-state index is -0.486. The molecule has 0 aliphatic carbocycles. The second-order valence-corrected chi connectivity index (χ2v) is 3.05. The lowest BCUT2D eigenvalue weighted by molar-refractivity contribution is -0.385. The number of hydrogen-bond acceptors (Lipinski definition) is 5. The fourth-order valence-corrected chi connectivity index (χ4v) is 1.48. The molecule has 0 N–H and O–H groups in total. The Morgan fingerprint density at radius 3 is 2.06 bits per heavy atom. The highest BCUT2D eigenvalue weighted by Gasteiger charge is 2.23. The first-order chi connectivity index (χ1) is 7.56. The Kier molecular flexibility index (Phi) is 3.55. The van der Waals surface area contributed by atoms with Crippen LogP contribution in [0.5, 0.6) is 17.2 Å². The molecule has 16 heavy (non-hydrogen) atoms. The monoisotopic (exact) mass is 227 g/mol. The molecule has 1 rings (SSSR count). The predicted octanol–water partition coefficient (Wildman–Crippen LogP) is 1.93. The molecule has 0 spiro atoms. The van der Waals surface area contributed by atoms with Gasteiger partial charge in [-0.2, -0.15) is 0 Å². The lowest BCUT2D eigenvalue weighted by Crippen LogP contribution is -2.00. The Hall–Kier alpha value is -1.98. The number of rotatable bonds is 4. The van der Waals surface area contributed by atoms with Crippen LogP contribution in [-0.2, 0) is 0 Å². The Bertz CT molecular complexity index is 416. The maximum absolute atomic E-state index is 10.8. The summed E-state index contributed by atoms with van der Waals surface area (Å²) in [4.78, 5) is 10.3. The molecule has 0 radical (unpaired) electrons. The molecule has 0 heterocycles. The van der Waals surface area contributed by atoms with Crippen LogP contribution in [0.2, 0.25) is 0 Å². The summed E-state index contributed by atoms with van der Waals surface area (Å²) >= 11 is 0. The van der Waals surface area contributed by atoms with Gasteiger partial charge in [0.2, 0.25) is 5.75 Å². The normalized spacial score (nSPS) is 9.75. The third kappa shape index (κ3) is 1.86. The molecule has 6 heteroatoms.